The van der Waals surface area contributed by atoms with Crippen LogP contribution in [0.1, 0.15) is 11.1 Å². The first-order chi connectivity index (χ1) is 12.7. The second kappa shape index (κ2) is 7.13. The maximum Gasteiger partial charge on any atom is 0.187 e. The Balaban J connectivity index is 1.62. The Morgan fingerprint density at radius 3 is 2.50 bits per heavy atom. The Kier molecular flexibility index (Phi) is 4.53. The van der Waals surface area contributed by atoms with Gasteiger partial charge in [-0.2, -0.15) is 4.68 Å². The predicted molar refractivity (Wildman–Crippen MR) is 102 cm³/mol. The number of aryl methyl sites for hydroxylation is 1. The van der Waals surface area contributed by atoms with Crippen molar-refractivity contribution < 1.29 is 4.74 Å². The molecule has 0 saturated carbocycles. The van der Waals surface area contributed by atoms with Crippen molar-refractivity contribution in [2.45, 2.75) is 17.7 Å². The molecule has 0 aliphatic rings. The third kappa shape index (κ3) is 3.25. The van der Waals surface area contributed by atoms with Crippen LogP contribution in [-0.4, -0.2) is 32.1 Å². The van der Waals surface area contributed by atoms with E-state index in [-0.39, 0.29) is 0 Å². The van der Waals surface area contributed by atoms with Gasteiger partial charge in [-0.25, -0.2) is 9.97 Å². The van der Waals surface area contributed by atoms with Gasteiger partial charge in [0, 0.05) is 5.75 Å². The number of aromatic nitrogens is 5. The first-order valence-corrected chi connectivity index (χ1v) is 9.12. The fourth-order valence-electron chi connectivity index (χ4n) is 2.57. The number of hydrogen-bond donors (Lipinski definition) is 0. The van der Waals surface area contributed by atoms with Crippen LogP contribution in [0, 0.1) is 6.92 Å². The van der Waals surface area contributed by atoms with Gasteiger partial charge in [0.05, 0.1) is 12.8 Å². The van der Waals surface area contributed by atoms with Crippen LogP contribution in [0.5, 0.6) is 5.75 Å². The summed E-state index contributed by atoms with van der Waals surface area (Å²) in [5.41, 5.74) is 4.78. The van der Waals surface area contributed by atoms with Gasteiger partial charge in [0.1, 0.15) is 17.1 Å². The topological polar surface area (TPSA) is 65.7 Å². The lowest BCUT2D eigenvalue weighted by Gasteiger charge is -2.04. The summed E-state index contributed by atoms with van der Waals surface area (Å²) in [6.07, 6.45) is 1.56. The highest BCUT2D eigenvalue weighted by molar-refractivity contribution is 7.98. The zero-order valence-electron chi connectivity index (χ0n) is 14.5. The molecule has 2 heterocycles. The smallest absolute Gasteiger partial charge is 0.187 e. The lowest BCUT2D eigenvalue weighted by molar-refractivity contribution is 0.414. The van der Waals surface area contributed by atoms with Gasteiger partial charge in [-0.1, -0.05) is 46.8 Å². The summed E-state index contributed by atoms with van der Waals surface area (Å²) in [5.74, 6) is 1.61. The molecule has 0 radical (unpaired) electrons. The van der Waals surface area contributed by atoms with Crippen molar-refractivity contribution in [3.8, 4) is 11.4 Å². The largest absolute Gasteiger partial charge is 0.497 e. The molecule has 0 aliphatic carbocycles. The average molecular weight is 363 g/mol. The molecule has 0 saturated heterocycles. The second-order valence-corrected chi connectivity index (χ2v) is 6.79. The molecular weight excluding hydrogens is 346 g/mol. The van der Waals surface area contributed by atoms with Crippen LogP contribution in [0.4, 0.5) is 0 Å². The predicted octanol–water partition coefficient (Wildman–Crippen LogP) is 3.82. The Hall–Kier alpha value is -2.93. The molecule has 0 atom stereocenters. The minimum absolute atomic E-state index is 0.691. The van der Waals surface area contributed by atoms with Crippen molar-refractivity contribution >= 4 is 22.9 Å². The number of hydrogen-bond acceptors (Lipinski definition) is 6. The maximum atomic E-state index is 5.20. The van der Waals surface area contributed by atoms with Crippen LogP contribution in [-0.2, 0) is 5.75 Å². The van der Waals surface area contributed by atoms with Crippen LogP contribution >= 0.6 is 11.8 Å². The number of thioether (sulfide) groups is 1. The molecule has 0 aliphatic heterocycles. The van der Waals surface area contributed by atoms with Crippen molar-refractivity contribution in [1.29, 1.82) is 0 Å². The normalized spacial score (nSPS) is 11.0. The Morgan fingerprint density at radius 1 is 1.00 bits per heavy atom. The zero-order chi connectivity index (χ0) is 17.9. The molecule has 2 aromatic carbocycles. The van der Waals surface area contributed by atoms with E-state index in [1.807, 2.05) is 24.3 Å². The lowest BCUT2D eigenvalue weighted by Crippen LogP contribution is -1.98. The van der Waals surface area contributed by atoms with E-state index in [9.17, 15) is 0 Å². The number of fused-ring (bicyclic) bond motifs is 1. The van der Waals surface area contributed by atoms with Crippen LogP contribution in [0.2, 0.25) is 0 Å². The molecule has 4 aromatic rings. The summed E-state index contributed by atoms with van der Waals surface area (Å²) in [5, 5.41) is 9.39. The highest BCUT2D eigenvalue weighted by Crippen LogP contribution is 2.27. The number of benzene rings is 2. The van der Waals surface area contributed by atoms with Crippen molar-refractivity contribution in [3.63, 3.8) is 0 Å². The lowest BCUT2D eigenvalue weighted by atomic mass is 10.2. The van der Waals surface area contributed by atoms with E-state index in [2.05, 4.69) is 51.5 Å². The van der Waals surface area contributed by atoms with Crippen LogP contribution in [0.25, 0.3) is 16.9 Å². The molecule has 0 bridgehead atoms. The van der Waals surface area contributed by atoms with Gasteiger partial charge in [0.15, 0.2) is 11.2 Å². The van der Waals surface area contributed by atoms with Gasteiger partial charge >= 0.3 is 0 Å². The molecule has 130 valence electrons. The summed E-state index contributed by atoms with van der Waals surface area (Å²) in [4.78, 5) is 8.76. The van der Waals surface area contributed by atoms with Crippen LogP contribution in [0.3, 0.4) is 0 Å². The van der Waals surface area contributed by atoms with Gasteiger partial charge in [0.2, 0.25) is 0 Å². The van der Waals surface area contributed by atoms with E-state index in [0.717, 1.165) is 22.2 Å². The Labute approximate surface area is 155 Å². The van der Waals surface area contributed by atoms with Crippen LogP contribution in [0.15, 0.2) is 59.9 Å². The molecule has 26 heavy (non-hydrogen) atoms. The Bertz CT molecular complexity index is 1030. The molecule has 0 amide bonds. The minimum atomic E-state index is 0.691. The third-order valence-electron chi connectivity index (χ3n) is 4.02. The Morgan fingerprint density at radius 2 is 1.77 bits per heavy atom. The van der Waals surface area contributed by atoms with Crippen molar-refractivity contribution in [2.75, 3.05) is 7.11 Å². The first-order valence-electron chi connectivity index (χ1n) is 8.14. The molecule has 0 unspecified atom stereocenters. The molecule has 0 N–H and O–H groups in total. The van der Waals surface area contributed by atoms with Gasteiger partial charge in [-0.05, 0) is 36.8 Å². The van der Waals surface area contributed by atoms with Gasteiger partial charge in [-0.3, -0.25) is 0 Å². The number of methoxy groups -OCH3 is 1. The molecule has 6 nitrogen and oxygen atoms in total. The van der Waals surface area contributed by atoms with Gasteiger partial charge < -0.3 is 4.74 Å². The van der Waals surface area contributed by atoms with E-state index in [4.69, 9.17) is 4.74 Å². The van der Waals surface area contributed by atoms with Crippen molar-refractivity contribution in [3.05, 3.63) is 66.0 Å². The summed E-state index contributed by atoms with van der Waals surface area (Å²) in [6.45, 7) is 2.09. The van der Waals surface area contributed by atoms with Gasteiger partial charge in [-0.15, -0.1) is 5.10 Å². The van der Waals surface area contributed by atoms with E-state index in [1.165, 1.54) is 11.1 Å². The van der Waals surface area contributed by atoms with Gasteiger partial charge in [0.25, 0.3) is 0 Å². The zero-order valence-corrected chi connectivity index (χ0v) is 15.3. The quantitative estimate of drug-likeness (QED) is 0.397. The van der Waals surface area contributed by atoms with Crippen molar-refractivity contribution in [1.82, 2.24) is 25.0 Å². The number of nitrogens with zero attached hydrogens (tertiary/aromatic N) is 5. The number of rotatable bonds is 5. The second-order valence-electron chi connectivity index (χ2n) is 5.82. The summed E-state index contributed by atoms with van der Waals surface area (Å²) in [7, 11) is 1.64. The van der Waals surface area contributed by atoms with Crippen molar-refractivity contribution in [2.24, 2.45) is 0 Å². The molecule has 0 spiro atoms. The summed E-state index contributed by atoms with van der Waals surface area (Å²) >= 11 is 1.64. The molecule has 7 heteroatoms. The molecule has 2 aromatic heterocycles. The SMILES string of the molecule is COc1ccc(-n2nnc3c(SCc4ccc(C)cc4)ncnc32)cc1. The number of ether oxygens (including phenoxy) is 1. The average Bonchev–Trinajstić information content (AvgIpc) is 3.12. The van der Waals surface area contributed by atoms with E-state index < -0.39 is 0 Å². The fraction of sp³-hybridized carbons (Fsp3) is 0.158. The maximum absolute atomic E-state index is 5.20. The van der Waals surface area contributed by atoms with E-state index in [0.29, 0.717) is 11.2 Å². The highest BCUT2D eigenvalue weighted by Gasteiger charge is 2.13. The highest BCUT2D eigenvalue weighted by atomic mass is 32.2. The standard InChI is InChI=1S/C19H17N5OS/c1-13-3-5-14(6-4-13)11-26-19-17-18(20-12-21-19)24(23-22-17)15-7-9-16(25-2)10-8-15/h3-10,12H,11H2,1-2H3. The molecule has 4 rings (SSSR count). The fourth-order valence-corrected chi connectivity index (χ4v) is 3.45. The first kappa shape index (κ1) is 16.5. The monoisotopic (exact) mass is 363 g/mol. The van der Waals surface area contributed by atoms with E-state index >= 15 is 0 Å². The van der Waals surface area contributed by atoms with Crippen LogP contribution < -0.4 is 4.74 Å². The summed E-state index contributed by atoms with van der Waals surface area (Å²) < 4.78 is 6.91. The minimum Gasteiger partial charge on any atom is -0.497 e. The molecular formula is C19H17N5OS. The molecule has 0 fully saturated rings. The summed E-state index contributed by atoms with van der Waals surface area (Å²) in [6, 6.07) is 16.1. The third-order valence-corrected chi connectivity index (χ3v) is 5.07. The van der Waals surface area contributed by atoms with E-state index in [1.54, 1.807) is 29.9 Å².